The Hall–Kier alpha value is -0.710. The Labute approximate surface area is 82.1 Å². The van der Waals surface area contributed by atoms with E-state index in [0.29, 0.717) is 0 Å². The minimum absolute atomic E-state index is 1.01. The fourth-order valence-electron chi connectivity index (χ4n) is 1.35. The van der Waals surface area contributed by atoms with Gasteiger partial charge in [0.05, 0.1) is 0 Å². The summed E-state index contributed by atoms with van der Waals surface area (Å²) in [6.45, 7) is 3.20. The molecule has 2 heterocycles. The largest absolute Gasteiger partial charge is 0.321 e. The molecule has 0 aromatic carbocycles. The molecule has 0 unspecified atom stereocenters. The monoisotopic (exact) mass is 198 g/mol. The van der Waals surface area contributed by atoms with Crippen LogP contribution in [0.15, 0.2) is 5.16 Å². The molecular weight excluding hydrogens is 184 g/mol. The van der Waals surface area contributed by atoms with Crippen LogP contribution >= 0.6 is 11.8 Å². The molecule has 72 valence electrons. The van der Waals surface area contributed by atoms with Crippen LogP contribution in [0.3, 0.4) is 0 Å². The van der Waals surface area contributed by atoms with Gasteiger partial charge in [0.25, 0.3) is 0 Å². The van der Waals surface area contributed by atoms with Gasteiger partial charge in [0, 0.05) is 18.7 Å². The number of thioether (sulfide) groups is 1. The summed E-state index contributed by atoms with van der Waals surface area (Å²) in [5, 5.41) is 9.30. The van der Waals surface area contributed by atoms with Crippen LogP contribution in [0.25, 0.3) is 0 Å². The molecule has 0 saturated heterocycles. The molecule has 2 rings (SSSR count). The summed E-state index contributed by atoms with van der Waals surface area (Å²) >= 11 is 1.77. The van der Waals surface area contributed by atoms with Crippen LogP contribution in [0.1, 0.15) is 25.6 Å². The highest BCUT2D eigenvalue weighted by Gasteiger charge is 2.14. The maximum absolute atomic E-state index is 4.16. The number of aromatic nitrogens is 3. The molecule has 13 heavy (non-hydrogen) atoms. The van der Waals surface area contributed by atoms with E-state index in [2.05, 4.69) is 22.5 Å². The van der Waals surface area contributed by atoms with Crippen molar-refractivity contribution in [1.29, 1.82) is 0 Å². The average molecular weight is 198 g/mol. The smallest absolute Gasteiger partial charge is 0.210 e. The maximum atomic E-state index is 4.16. The summed E-state index contributed by atoms with van der Waals surface area (Å²) in [6, 6.07) is 0. The predicted octanol–water partition coefficient (Wildman–Crippen LogP) is 1.27. The Morgan fingerprint density at radius 2 is 2.46 bits per heavy atom. The molecule has 0 amide bonds. The van der Waals surface area contributed by atoms with E-state index in [0.717, 1.165) is 29.7 Å². The molecule has 0 radical (unpaired) electrons. The van der Waals surface area contributed by atoms with Crippen molar-refractivity contribution in [3.05, 3.63) is 5.82 Å². The minimum Gasteiger partial charge on any atom is -0.321 e. The van der Waals surface area contributed by atoms with Gasteiger partial charge in [-0.25, -0.2) is 4.68 Å². The Balaban J connectivity index is 2.12. The first-order chi connectivity index (χ1) is 6.42. The molecule has 0 aliphatic carbocycles. The van der Waals surface area contributed by atoms with Gasteiger partial charge in [-0.2, -0.15) is 0 Å². The average Bonchev–Trinajstić information content (AvgIpc) is 2.58. The van der Waals surface area contributed by atoms with Crippen LogP contribution in [0.5, 0.6) is 0 Å². The summed E-state index contributed by atoms with van der Waals surface area (Å²) in [5.74, 6) is 2.16. The fourth-order valence-corrected chi connectivity index (χ4v) is 2.12. The van der Waals surface area contributed by atoms with Gasteiger partial charge < -0.3 is 5.43 Å². The summed E-state index contributed by atoms with van der Waals surface area (Å²) < 4.78 is 2.03. The first-order valence-electron chi connectivity index (χ1n) is 4.73. The lowest BCUT2D eigenvalue weighted by atomic mass is 10.2. The highest BCUT2D eigenvalue weighted by atomic mass is 32.2. The first kappa shape index (κ1) is 8.87. The summed E-state index contributed by atoms with van der Waals surface area (Å²) in [7, 11) is 0. The molecule has 0 bridgehead atoms. The second-order valence-electron chi connectivity index (χ2n) is 3.09. The zero-order valence-electron chi connectivity index (χ0n) is 7.79. The van der Waals surface area contributed by atoms with Crippen molar-refractivity contribution in [2.24, 2.45) is 0 Å². The lowest BCUT2D eigenvalue weighted by molar-refractivity contribution is 0.674. The van der Waals surface area contributed by atoms with E-state index < -0.39 is 0 Å². The summed E-state index contributed by atoms with van der Waals surface area (Å²) in [6.07, 6.45) is 3.41. The highest BCUT2D eigenvalue weighted by molar-refractivity contribution is 7.99. The maximum Gasteiger partial charge on any atom is 0.210 e. The van der Waals surface area contributed by atoms with Gasteiger partial charge in [-0.15, -0.1) is 10.2 Å². The van der Waals surface area contributed by atoms with Crippen molar-refractivity contribution in [3.8, 4) is 0 Å². The van der Waals surface area contributed by atoms with Crippen LogP contribution in [-0.4, -0.2) is 27.2 Å². The second kappa shape index (κ2) is 4.00. The third-order valence-electron chi connectivity index (χ3n) is 2.06. The van der Waals surface area contributed by atoms with Crippen LogP contribution in [0.4, 0.5) is 0 Å². The number of nitrogens with zero attached hydrogens (tertiary/aromatic N) is 3. The first-order valence-corrected chi connectivity index (χ1v) is 5.71. The van der Waals surface area contributed by atoms with Gasteiger partial charge in [0.2, 0.25) is 5.16 Å². The Morgan fingerprint density at radius 1 is 1.54 bits per heavy atom. The van der Waals surface area contributed by atoms with Crippen molar-refractivity contribution < 1.29 is 0 Å². The number of hydrogen-bond donors (Lipinski definition) is 1. The van der Waals surface area contributed by atoms with E-state index in [1.54, 1.807) is 11.8 Å². The number of hydrogen-bond acceptors (Lipinski definition) is 4. The molecule has 1 aromatic heterocycles. The second-order valence-corrected chi connectivity index (χ2v) is 4.16. The third kappa shape index (κ3) is 1.80. The normalized spacial score (nSPS) is 15.2. The Morgan fingerprint density at radius 3 is 3.31 bits per heavy atom. The number of rotatable bonds is 3. The van der Waals surface area contributed by atoms with E-state index >= 15 is 0 Å². The molecule has 0 atom stereocenters. The van der Waals surface area contributed by atoms with Crippen molar-refractivity contribution in [2.45, 2.75) is 31.3 Å². The lowest BCUT2D eigenvalue weighted by Gasteiger charge is -2.16. The van der Waals surface area contributed by atoms with Crippen molar-refractivity contribution in [1.82, 2.24) is 14.9 Å². The van der Waals surface area contributed by atoms with E-state index in [4.69, 9.17) is 0 Å². The number of nitrogens with one attached hydrogen (secondary N) is 1. The van der Waals surface area contributed by atoms with Crippen LogP contribution in [-0.2, 0) is 6.42 Å². The summed E-state index contributed by atoms with van der Waals surface area (Å²) in [4.78, 5) is 0. The molecular formula is C8H14N4S. The van der Waals surface area contributed by atoms with Crippen molar-refractivity contribution >= 4 is 11.8 Å². The molecule has 0 fully saturated rings. The Bertz CT molecular complexity index is 284. The van der Waals surface area contributed by atoms with Crippen LogP contribution in [0, 0.1) is 0 Å². The Kier molecular flexibility index (Phi) is 2.73. The van der Waals surface area contributed by atoms with E-state index in [9.17, 15) is 0 Å². The van der Waals surface area contributed by atoms with Gasteiger partial charge in [-0.1, -0.05) is 25.1 Å². The topological polar surface area (TPSA) is 42.7 Å². The van der Waals surface area contributed by atoms with Crippen molar-refractivity contribution in [3.63, 3.8) is 0 Å². The molecule has 5 heteroatoms. The summed E-state index contributed by atoms with van der Waals surface area (Å²) in [5.41, 5.74) is 3.29. The third-order valence-corrected chi connectivity index (χ3v) is 2.99. The standard InChI is InChI=1S/C8H14N4S/c1-2-3-4-7-10-11-8-12(7)9-5-6-13-8/h9H,2-6H2,1H3. The quantitative estimate of drug-likeness (QED) is 0.794. The van der Waals surface area contributed by atoms with Crippen molar-refractivity contribution in [2.75, 3.05) is 17.7 Å². The van der Waals surface area contributed by atoms with Gasteiger partial charge in [-0.3, -0.25) is 0 Å². The van der Waals surface area contributed by atoms with Crippen LogP contribution in [0.2, 0.25) is 0 Å². The number of aryl methyl sites for hydroxylation is 1. The number of unbranched alkanes of at least 4 members (excludes halogenated alkanes) is 1. The zero-order chi connectivity index (χ0) is 9.10. The lowest BCUT2D eigenvalue weighted by Crippen LogP contribution is -2.24. The molecule has 1 aromatic rings. The van der Waals surface area contributed by atoms with E-state index in [1.165, 1.54) is 12.8 Å². The zero-order valence-corrected chi connectivity index (χ0v) is 8.60. The van der Waals surface area contributed by atoms with E-state index in [1.807, 2.05) is 4.68 Å². The van der Waals surface area contributed by atoms with Gasteiger partial charge >= 0.3 is 0 Å². The van der Waals surface area contributed by atoms with Gasteiger partial charge in [-0.05, 0) is 6.42 Å². The molecule has 1 aliphatic rings. The number of fused-ring (bicyclic) bond motifs is 1. The van der Waals surface area contributed by atoms with Gasteiger partial charge in [0.1, 0.15) is 0 Å². The molecule has 4 nitrogen and oxygen atoms in total. The van der Waals surface area contributed by atoms with Gasteiger partial charge in [0.15, 0.2) is 5.82 Å². The SMILES string of the molecule is CCCCc1nnc2n1NCCS2. The predicted molar refractivity (Wildman–Crippen MR) is 53.6 cm³/mol. The minimum atomic E-state index is 1.01. The fraction of sp³-hybridized carbons (Fsp3) is 0.750. The molecule has 0 saturated carbocycles. The molecule has 1 N–H and O–H groups in total. The van der Waals surface area contributed by atoms with E-state index in [-0.39, 0.29) is 0 Å². The molecule has 1 aliphatic heterocycles. The molecule has 0 spiro atoms. The highest BCUT2D eigenvalue weighted by Crippen LogP contribution is 2.19. The van der Waals surface area contributed by atoms with Crippen LogP contribution < -0.4 is 5.43 Å².